The topological polar surface area (TPSA) is 79.2 Å². The Morgan fingerprint density at radius 2 is 2.14 bits per heavy atom. The molecule has 0 radical (unpaired) electrons. The number of esters is 1. The van der Waals surface area contributed by atoms with Crippen molar-refractivity contribution in [2.45, 2.75) is 25.2 Å². The van der Waals surface area contributed by atoms with Crippen molar-refractivity contribution in [3.8, 4) is 6.07 Å². The van der Waals surface area contributed by atoms with E-state index < -0.39 is 11.9 Å². The van der Waals surface area contributed by atoms with Crippen LogP contribution in [0, 0.1) is 25.2 Å². The van der Waals surface area contributed by atoms with Crippen LogP contribution >= 0.6 is 11.8 Å². The highest BCUT2D eigenvalue weighted by molar-refractivity contribution is 8.00. The van der Waals surface area contributed by atoms with Crippen LogP contribution in [0.3, 0.4) is 0 Å². The van der Waals surface area contributed by atoms with Crippen LogP contribution < -0.4 is 5.32 Å². The van der Waals surface area contributed by atoms with E-state index in [0.717, 1.165) is 10.5 Å². The molecule has 5 nitrogen and oxygen atoms in total. The van der Waals surface area contributed by atoms with Crippen LogP contribution in [0.2, 0.25) is 0 Å². The number of nitriles is 1. The minimum atomic E-state index is -0.435. The Kier molecular flexibility index (Phi) is 7.33. The Hall–Kier alpha value is -2.00. The molecule has 1 aromatic rings. The number of benzene rings is 1. The first-order chi connectivity index (χ1) is 10.0. The number of aryl methyl sites for hydroxylation is 2. The van der Waals surface area contributed by atoms with Gasteiger partial charge in [0.05, 0.1) is 18.2 Å². The molecule has 1 N–H and O–H groups in total. The summed E-state index contributed by atoms with van der Waals surface area (Å²) in [5.41, 5.74) is 2.29. The second-order valence-corrected chi connectivity index (χ2v) is 5.49. The van der Waals surface area contributed by atoms with Gasteiger partial charge in [-0.3, -0.25) is 9.59 Å². The summed E-state index contributed by atoms with van der Waals surface area (Å²) >= 11 is 1.39. The maximum absolute atomic E-state index is 11.6. The van der Waals surface area contributed by atoms with E-state index in [2.05, 4.69) is 11.4 Å². The van der Waals surface area contributed by atoms with Crippen LogP contribution in [0.5, 0.6) is 0 Å². The number of hydrogen-bond acceptors (Lipinski definition) is 5. The Morgan fingerprint density at radius 1 is 1.38 bits per heavy atom. The first-order valence-corrected chi connectivity index (χ1v) is 7.51. The third-order valence-corrected chi connectivity index (χ3v) is 3.75. The molecule has 6 heteroatoms. The maximum Gasteiger partial charge on any atom is 0.316 e. The first-order valence-electron chi connectivity index (χ1n) is 6.52. The van der Waals surface area contributed by atoms with E-state index in [0.29, 0.717) is 0 Å². The van der Waals surface area contributed by atoms with E-state index in [1.807, 2.05) is 32.0 Å². The lowest BCUT2D eigenvalue weighted by atomic mass is 10.2. The van der Waals surface area contributed by atoms with Gasteiger partial charge in [0.15, 0.2) is 6.61 Å². The number of thioether (sulfide) groups is 1. The zero-order valence-electron chi connectivity index (χ0n) is 12.1. The second kappa shape index (κ2) is 9.03. The highest BCUT2D eigenvalue weighted by Crippen LogP contribution is 2.23. The van der Waals surface area contributed by atoms with Gasteiger partial charge < -0.3 is 10.1 Å². The number of rotatable bonds is 7. The number of amides is 1. The highest BCUT2D eigenvalue weighted by atomic mass is 32.2. The molecule has 0 saturated heterocycles. The minimum absolute atomic E-state index is 0.162. The molecule has 1 amide bonds. The van der Waals surface area contributed by atoms with Crippen molar-refractivity contribution in [2.75, 3.05) is 18.9 Å². The molecule has 0 atom stereocenters. The van der Waals surface area contributed by atoms with Crippen LogP contribution in [-0.2, 0) is 14.3 Å². The second-order valence-electron chi connectivity index (χ2n) is 4.48. The molecule has 0 unspecified atom stereocenters. The number of nitrogens with zero attached hydrogens (tertiary/aromatic N) is 1. The van der Waals surface area contributed by atoms with Crippen molar-refractivity contribution in [3.05, 3.63) is 29.3 Å². The van der Waals surface area contributed by atoms with Crippen molar-refractivity contribution in [1.82, 2.24) is 5.32 Å². The molecule has 0 bridgehead atoms. The van der Waals surface area contributed by atoms with Gasteiger partial charge in [0, 0.05) is 11.4 Å². The molecule has 1 aromatic carbocycles. The number of ether oxygens (including phenoxy) is 1. The lowest BCUT2D eigenvalue weighted by Gasteiger charge is -2.07. The van der Waals surface area contributed by atoms with Crippen molar-refractivity contribution in [1.29, 1.82) is 5.26 Å². The summed E-state index contributed by atoms with van der Waals surface area (Å²) < 4.78 is 4.87. The van der Waals surface area contributed by atoms with Gasteiger partial charge in [-0.15, -0.1) is 11.8 Å². The zero-order valence-corrected chi connectivity index (χ0v) is 13.0. The fourth-order valence-electron chi connectivity index (χ4n) is 1.59. The molecule has 0 spiro atoms. The summed E-state index contributed by atoms with van der Waals surface area (Å²) in [7, 11) is 0. The molecule has 0 aliphatic rings. The van der Waals surface area contributed by atoms with Gasteiger partial charge in [0.2, 0.25) is 0 Å². The number of carbonyl (C=O) groups is 2. The normalized spacial score (nSPS) is 9.76. The molecule has 0 saturated carbocycles. The van der Waals surface area contributed by atoms with Crippen LogP contribution in [0.4, 0.5) is 0 Å². The number of nitrogens with one attached hydrogen (secondary N) is 1. The summed E-state index contributed by atoms with van der Waals surface area (Å²) in [4.78, 5) is 23.9. The standard InChI is InChI=1S/C15H18N2O3S/c1-11-4-5-13(12(2)8-11)21-10-15(19)20-9-14(18)17-7-3-6-16/h4-5,8H,3,7,9-10H2,1-2H3,(H,17,18). The third-order valence-electron chi connectivity index (χ3n) is 2.60. The summed E-state index contributed by atoms with van der Waals surface area (Å²) in [6.45, 7) is 3.96. The zero-order chi connectivity index (χ0) is 15.7. The molecule has 0 fully saturated rings. The minimum Gasteiger partial charge on any atom is -0.455 e. The predicted octanol–water partition coefficient (Wildman–Crippen LogP) is 1.97. The quantitative estimate of drug-likeness (QED) is 0.473. The number of carbonyl (C=O) groups excluding carboxylic acids is 2. The van der Waals surface area contributed by atoms with E-state index in [4.69, 9.17) is 10.00 Å². The van der Waals surface area contributed by atoms with Crippen molar-refractivity contribution < 1.29 is 14.3 Å². The first kappa shape index (κ1) is 17.1. The average molecular weight is 306 g/mol. The summed E-state index contributed by atoms with van der Waals surface area (Å²) in [5, 5.41) is 10.8. The lowest BCUT2D eigenvalue weighted by molar-refractivity contribution is -0.145. The van der Waals surface area contributed by atoms with Crippen LogP contribution in [0.1, 0.15) is 17.5 Å². The largest absolute Gasteiger partial charge is 0.455 e. The fraction of sp³-hybridized carbons (Fsp3) is 0.400. The summed E-state index contributed by atoms with van der Waals surface area (Å²) in [6, 6.07) is 7.92. The van der Waals surface area contributed by atoms with Gasteiger partial charge in [-0.1, -0.05) is 17.7 Å². The Bertz CT molecular complexity index is 552. The maximum atomic E-state index is 11.6. The van der Waals surface area contributed by atoms with E-state index >= 15 is 0 Å². The van der Waals surface area contributed by atoms with Crippen LogP contribution in [0.25, 0.3) is 0 Å². The van der Waals surface area contributed by atoms with Gasteiger partial charge in [-0.2, -0.15) is 5.26 Å². The highest BCUT2D eigenvalue weighted by Gasteiger charge is 2.09. The van der Waals surface area contributed by atoms with Gasteiger partial charge in [-0.25, -0.2) is 0 Å². The van der Waals surface area contributed by atoms with Crippen molar-refractivity contribution >= 4 is 23.6 Å². The van der Waals surface area contributed by atoms with Gasteiger partial charge in [0.1, 0.15) is 0 Å². The van der Waals surface area contributed by atoms with E-state index in [-0.39, 0.29) is 25.3 Å². The fourth-order valence-corrected chi connectivity index (χ4v) is 2.40. The third kappa shape index (κ3) is 6.82. The van der Waals surface area contributed by atoms with E-state index in [1.54, 1.807) is 0 Å². The van der Waals surface area contributed by atoms with Crippen LogP contribution in [-0.4, -0.2) is 30.8 Å². The van der Waals surface area contributed by atoms with E-state index in [9.17, 15) is 9.59 Å². The molecule has 112 valence electrons. The molecule has 0 aromatic heterocycles. The van der Waals surface area contributed by atoms with Gasteiger partial charge in [-0.05, 0) is 25.5 Å². The van der Waals surface area contributed by atoms with Crippen LogP contribution in [0.15, 0.2) is 23.1 Å². The van der Waals surface area contributed by atoms with Gasteiger partial charge >= 0.3 is 5.97 Å². The van der Waals surface area contributed by atoms with Crippen molar-refractivity contribution in [2.24, 2.45) is 0 Å². The molecule has 0 aliphatic carbocycles. The summed E-state index contributed by atoms with van der Waals surface area (Å²) in [6.07, 6.45) is 0.238. The van der Waals surface area contributed by atoms with E-state index in [1.165, 1.54) is 17.3 Å². The van der Waals surface area contributed by atoms with Gasteiger partial charge in [0.25, 0.3) is 5.91 Å². The molecular formula is C15H18N2O3S. The van der Waals surface area contributed by atoms with Crippen molar-refractivity contribution in [3.63, 3.8) is 0 Å². The summed E-state index contributed by atoms with van der Waals surface area (Å²) in [5.74, 6) is -0.666. The Balaban J connectivity index is 2.28. The average Bonchev–Trinajstić information content (AvgIpc) is 2.44. The molecule has 0 aliphatic heterocycles. The number of hydrogen-bond donors (Lipinski definition) is 1. The predicted molar refractivity (Wildman–Crippen MR) is 80.8 cm³/mol. The SMILES string of the molecule is Cc1ccc(SCC(=O)OCC(=O)NCCC#N)c(C)c1. The monoisotopic (exact) mass is 306 g/mol. The Morgan fingerprint density at radius 3 is 2.81 bits per heavy atom. The molecule has 0 heterocycles. The molecule has 1 rings (SSSR count). The smallest absolute Gasteiger partial charge is 0.316 e. The molecule has 21 heavy (non-hydrogen) atoms. The Labute approximate surface area is 128 Å². The molecular weight excluding hydrogens is 288 g/mol. The lowest BCUT2D eigenvalue weighted by Crippen LogP contribution is -2.29.